The number of fused-ring (bicyclic) bond motifs is 1. The van der Waals surface area contributed by atoms with Crippen LogP contribution in [-0.4, -0.2) is 30.5 Å². The van der Waals surface area contributed by atoms with E-state index in [9.17, 15) is 18.3 Å². The summed E-state index contributed by atoms with van der Waals surface area (Å²) in [5.41, 5.74) is 4.13. The number of hydrogen-bond acceptors (Lipinski definition) is 3. The topological polar surface area (TPSA) is 55.5 Å². The molecule has 1 aliphatic carbocycles. The molecule has 2 rings (SSSR count). The van der Waals surface area contributed by atoms with Crippen LogP contribution in [0.5, 0.6) is 5.75 Å². The Kier molecular flexibility index (Phi) is 4.49. The molecular formula is C15H20F3NO2. The molecule has 0 aromatic heterocycles. The van der Waals surface area contributed by atoms with Gasteiger partial charge >= 0.3 is 6.18 Å². The normalized spacial score (nSPS) is 21.5. The molecule has 0 saturated carbocycles. The number of halogens is 3. The molecule has 0 heterocycles. The molecule has 0 fully saturated rings. The van der Waals surface area contributed by atoms with Crippen molar-refractivity contribution in [1.29, 1.82) is 0 Å². The van der Waals surface area contributed by atoms with Crippen LogP contribution in [0, 0.1) is 0 Å². The molecule has 0 bridgehead atoms. The van der Waals surface area contributed by atoms with E-state index in [4.69, 9.17) is 10.5 Å². The second-order valence-corrected chi connectivity index (χ2v) is 5.55. The van der Waals surface area contributed by atoms with Crippen LogP contribution in [0.15, 0.2) is 18.2 Å². The van der Waals surface area contributed by atoms with Crippen LogP contribution in [-0.2, 0) is 6.42 Å². The highest BCUT2D eigenvalue weighted by Crippen LogP contribution is 2.44. The Labute approximate surface area is 121 Å². The summed E-state index contributed by atoms with van der Waals surface area (Å²) in [5, 5.41) is 9.88. The minimum absolute atomic E-state index is 0.362. The van der Waals surface area contributed by atoms with Gasteiger partial charge in [-0.1, -0.05) is 12.1 Å². The summed E-state index contributed by atoms with van der Waals surface area (Å²) in [6.07, 6.45) is -2.97. The minimum atomic E-state index is -4.72. The van der Waals surface area contributed by atoms with Crippen LogP contribution < -0.4 is 10.5 Å². The molecule has 1 aromatic rings. The summed E-state index contributed by atoms with van der Waals surface area (Å²) in [6, 6.07) is 5.39. The summed E-state index contributed by atoms with van der Waals surface area (Å²) in [4.78, 5) is 0. The molecule has 0 spiro atoms. The number of alkyl halides is 3. The first-order valence-corrected chi connectivity index (χ1v) is 6.97. The number of benzene rings is 1. The number of methoxy groups -OCH3 is 1. The summed E-state index contributed by atoms with van der Waals surface area (Å²) >= 11 is 0. The van der Waals surface area contributed by atoms with Gasteiger partial charge in [-0.2, -0.15) is 13.2 Å². The van der Waals surface area contributed by atoms with E-state index in [1.807, 2.05) is 6.07 Å². The van der Waals surface area contributed by atoms with E-state index >= 15 is 0 Å². The fraction of sp³-hybridized carbons (Fsp3) is 0.600. The summed E-state index contributed by atoms with van der Waals surface area (Å²) < 4.78 is 44.4. The van der Waals surface area contributed by atoms with Crippen LogP contribution in [0.25, 0.3) is 0 Å². The number of nitrogens with two attached hydrogens (primary N) is 1. The Balaban J connectivity index is 2.32. The van der Waals surface area contributed by atoms with Crippen molar-refractivity contribution in [3.8, 4) is 5.75 Å². The van der Waals surface area contributed by atoms with Gasteiger partial charge in [0.05, 0.1) is 7.11 Å². The van der Waals surface area contributed by atoms with Crippen molar-refractivity contribution in [2.75, 3.05) is 13.7 Å². The number of ether oxygens (including phenoxy) is 1. The monoisotopic (exact) mass is 303 g/mol. The lowest BCUT2D eigenvalue weighted by molar-refractivity contribution is -0.259. The largest absolute Gasteiger partial charge is 0.496 e. The fourth-order valence-electron chi connectivity index (χ4n) is 3.04. The molecule has 3 N–H and O–H groups in total. The van der Waals surface area contributed by atoms with Crippen molar-refractivity contribution in [1.82, 2.24) is 0 Å². The van der Waals surface area contributed by atoms with E-state index in [1.165, 1.54) is 0 Å². The van der Waals surface area contributed by atoms with Crippen LogP contribution in [0.3, 0.4) is 0 Å². The van der Waals surface area contributed by atoms with Crippen LogP contribution in [0.1, 0.15) is 36.3 Å². The van der Waals surface area contributed by atoms with Gasteiger partial charge in [-0.15, -0.1) is 0 Å². The molecule has 21 heavy (non-hydrogen) atoms. The zero-order chi connectivity index (χ0) is 15.7. The Morgan fingerprint density at radius 2 is 2.10 bits per heavy atom. The fourth-order valence-corrected chi connectivity index (χ4v) is 3.04. The molecule has 0 aliphatic heterocycles. The van der Waals surface area contributed by atoms with Gasteiger partial charge in [-0.05, 0) is 48.8 Å². The second-order valence-electron chi connectivity index (χ2n) is 5.55. The van der Waals surface area contributed by atoms with Crippen LogP contribution in [0.2, 0.25) is 0 Å². The first-order valence-electron chi connectivity index (χ1n) is 6.97. The molecule has 118 valence electrons. The average molecular weight is 303 g/mol. The average Bonchev–Trinajstić information content (AvgIpc) is 2.45. The predicted molar refractivity (Wildman–Crippen MR) is 73.3 cm³/mol. The minimum Gasteiger partial charge on any atom is -0.496 e. The third-order valence-electron chi connectivity index (χ3n) is 4.26. The van der Waals surface area contributed by atoms with Crippen molar-refractivity contribution in [3.05, 3.63) is 29.3 Å². The van der Waals surface area contributed by atoms with E-state index in [2.05, 4.69) is 0 Å². The molecule has 2 atom stereocenters. The molecule has 3 nitrogen and oxygen atoms in total. The van der Waals surface area contributed by atoms with Crippen molar-refractivity contribution >= 4 is 0 Å². The smallest absolute Gasteiger partial charge is 0.418 e. The molecule has 6 heteroatoms. The number of aliphatic hydroxyl groups is 1. The second kappa shape index (κ2) is 5.85. The zero-order valence-corrected chi connectivity index (χ0v) is 11.9. The summed E-state index contributed by atoms with van der Waals surface area (Å²) in [6.45, 7) is -0.827. The number of rotatable bonds is 4. The molecular weight excluding hydrogens is 283 g/mol. The molecule has 0 saturated heterocycles. The summed E-state index contributed by atoms with van der Waals surface area (Å²) in [7, 11) is 1.55. The molecule has 0 amide bonds. The molecule has 1 aromatic carbocycles. The molecule has 0 radical (unpaired) electrons. The van der Waals surface area contributed by atoms with Gasteiger partial charge in [0, 0.05) is 6.54 Å². The Hall–Kier alpha value is -1.27. The van der Waals surface area contributed by atoms with Gasteiger partial charge < -0.3 is 15.6 Å². The highest BCUT2D eigenvalue weighted by atomic mass is 19.4. The molecule has 1 aliphatic rings. The van der Waals surface area contributed by atoms with E-state index in [1.54, 1.807) is 19.2 Å². The Morgan fingerprint density at radius 1 is 1.38 bits per heavy atom. The maximum Gasteiger partial charge on any atom is 0.418 e. The predicted octanol–water partition coefficient (Wildman–Crippen LogP) is 2.76. The van der Waals surface area contributed by atoms with Gasteiger partial charge in [0.2, 0.25) is 0 Å². The van der Waals surface area contributed by atoms with Gasteiger partial charge in [0.25, 0.3) is 0 Å². The van der Waals surface area contributed by atoms with Crippen LogP contribution >= 0.6 is 0 Å². The van der Waals surface area contributed by atoms with E-state index < -0.39 is 24.7 Å². The van der Waals surface area contributed by atoms with Gasteiger partial charge in [-0.25, -0.2) is 0 Å². The Bertz CT molecular complexity index is 504. The maximum atomic E-state index is 13.0. The lowest BCUT2D eigenvalue weighted by atomic mass is 9.76. The Morgan fingerprint density at radius 3 is 2.67 bits per heavy atom. The van der Waals surface area contributed by atoms with E-state index in [0.29, 0.717) is 12.2 Å². The maximum absolute atomic E-state index is 13.0. The van der Waals surface area contributed by atoms with Crippen molar-refractivity contribution < 1.29 is 23.0 Å². The standard InChI is InChI=1S/C15H20F3NO2/c1-21-13-7-3-5-11-10(4-2-6-12(11)13)8-14(20,9-19)15(16,17)18/h3,5,7,10,20H,2,4,6,8-9,19H2,1H3. The lowest BCUT2D eigenvalue weighted by Crippen LogP contribution is -2.52. The van der Waals surface area contributed by atoms with Crippen molar-refractivity contribution in [2.24, 2.45) is 5.73 Å². The van der Waals surface area contributed by atoms with Crippen LogP contribution in [0.4, 0.5) is 13.2 Å². The first kappa shape index (κ1) is 16.1. The quantitative estimate of drug-likeness (QED) is 0.899. The first-order chi connectivity index (χ1) is 9.82. The SMILES string of the molecule is COc1cccc2c1CCCC2CC(O)(CN)C(F)(F)F. The highest BCUT2D eigenvalue weighted by Gasteiger charge is 2.53. The third kappa shape index (κ3) is 3.01. The van der Waals surface area contributed by atoms with Gasteiger partial charge in [0.15, 0.2) is 5.60 Å². The van der Waals surface area contributed by atoms with Gasteiger partial charge in [0.1, 0.15) is 5.75 Å². The zero-order valence-electron chi connectivity index (χ0n) is 11.9. The molecule has 2 unspecified atom stereocenters. The third-order valence-corrected chi connectivity index (χ3v) is 4.26. The van der Waals surface area contributed by atoms with E-state index in [0.717, 1.165) is 24.0 Å². The lowest BCUT2D eigenvalue weighted by Gasteiger charge is -2.35. The highest BCUT2D eigenvalue weighted by molar-refractivity contribution is 5.43. The number of hydrogen-bond donors (Lipinski definition) is 2. The van der Waals surface area contributed by atoms with Crippen molar-refractivity contribution in [3.63, 3.8) is 0 Å². The van der Waals surface area contributed by atoms with E-state index in [-0.39, 0.29) is 5.92 Å². The van der Waals surface area contributed by atoms with Gasteiger partial charge in [-0.3, -0.25) is 0 Å². The summed E-state index contributed by atoms with van der Waals surface area (Å²) in [5.74, 6) is 0.333. The van der Waals surface area contributed by atoms with Crippen molar-refractivity contribution in [2.45, 2.75) is 43.4 Å².